The van der Waals surface area contributed by atoms with Crippen LogP contribution in [0.2, 0.25) is 0 Å². The van der Waals surface area contributed by atoms with Gasteiger partial charge in [0.15, 0.2) is 5.82 Å². The zero-order valence-electron chi connectivity index (χ0n) is 16.3. The van der Waals surface area contributed by atoms with Crippen molar-refractivity contribution >= 4 is 17.2 Å². The van der Waals surface area contributed by atoms with Crippen molar-refractivity contribution in [3.05, 3.63) is 63.7 Å². The molecule has 0 bridgehead atoms. The lowest BCUT2D eigenvalue weighted by Gasteiger charge is -2.34. The molecule has 6 nitrogen and oxygen atoms in total. The molecule has 4 rings (SSSR count). The topological polar surface area (TPSA) is 54.3 Å². The molecule has 10 heteroatoms. The minimum absolute atomic E-state index is 0.124. The van der Waals surface area contributed by atoms with E-state index in [9.17, 15) is 18.0 Å². The minimum Gasteiger partial charge on any atom is -0.336 e. The molecule has 0 atom stereocenters. The normalized spacial score (nSPS) is 15.5. The molecule has 0 spiro atoms. The van der Waals surface area contributed by atoms with Crippen LogP contribution < -0.4 is 0 Å². The van der Waals surface area contributed by atoms with Gasteiger partial charge in [0, 0.05) is 43.8 Å². The predicted molar refractivity (Wildman–Crippen MR) is 107 cm³/mol. The van der Waals surface area contributed by atoms with Gasteiger partial charge in [-0.25, -0.2) is 9.67 Å². The summed E-state index contributed by atoms with van der Waals surface area (Å²) in [5.74, 6) is 0.113. The number of aromatic nitrogens is 3. The molecule has 4 heterocycles. The Balaban J connectivity index is 1.43. The summed E-state index contributed by atoms with van der Waals surface area (Å²) < 4.78 is 39.6. The first kappa shape index (κ1) is 20.5. The molecule has 0 saturated carbocycles. The number of carbonyl (C=O) groups excluding carboxylic acids is 1. The van der Waals surface area contributed by atoms with E-state index in [2.05, 4.69) is 26.4 Å². The van der Waals surface area contributed by atoms with Gasteiger partial charge in [0.2, 0.25) is 0 Å². The molecule has 0 unspecified atom stereocenters. The van der Waals surface area contributed by atoms with E-state index < -0.39 is 11.7 Å². The molecule has 0 radical (unpaired) electrons. The summed E-state index contributed by atoms with van der Waals surface area (Å²) in [4.78, 5) is 22.2. The van der Waals surface area contributed by atoms with Crippen molar-refractivity contribution in [2.75, 3.05) is 26.2 Å². The van der Waals surface area contributed by atoms with Gasteiger partial charge in [-0.05, 0) is 30.5 Å². The smallest absolute Gasteiger partial charge is 0.336 e. The highest BCUT2D eigenvalue weighted by atomic mass is 32.1. The summed E-state index contributed by atoms with van der Waals surface area (Å²) in [5, 5.41) is 6.23. The highest BCUT2D eigenvalue weighted by Gasteiger charge is 2.31. The number of halogens is 3. The summed E-state index contributed by atoms with van der Waals surface area (Å²) in [5.41, 5.74) is 0.157. The van der Waals surface area contributed by atoms with Gasteiger partial charge in [-0.3, -0.25) is 9.69 Å². The number of pyridine rings is 1. The van der Waals surface area contributed by atoms with Gasteiger partial charge in [0.25, 0.3) is 5.91 Å². The number of alkyl halides is 3. The fourth-order valence-corrected chi connectivity index (χ4v) is 4.18. The van der Waals surface area contributed by atoms with Crippen LogP contribution in [0.3, 0.4) is 0 Å². The number of carbonyl (C=O) groups is 1. The molecule has 0 N–H and O–H groups in total. The Bertz CT molecular complexity index is 1010. The third-order valence-electron chi connectivity index (χ3n) is 5.15. The van der Waals surface area contributed by atoms with Crippen LogP contribution in [0.4, 0.5) is 13.2 Å². The van der Waals surface area contributed by atoms with Gasteiger partial charge in [-0.15, -0.1) is 11.3 Å². The van der Waals surface area contributed by atoms with Gasteiger partial charge in [-0.2, -0.15) is 18.3 Å². The van der Waals surface area contributed by atoms with E-state index in [1.807, 2.05) is 6.07 Å². The van der Waals surface area contributed by atoms with Gasteiger partial charge in [0.1, 0.15) is 0 Å². The maximum atomic E-state index is 13.0. The monoisotopic (exact) mass is 435 g/mol. The molecule has 1 fully saturated rings. The number of hydrogen-bond donors (Lipinski definition) is 0. The number of hydrogen-bond acceptors (Lipinski definition) is 5. The average Bonchev–Trinajstić information content (AvgIpc) is 3.37. The van der Waals surface area contributed by atoms with E-state index in [0.717, 1.165) is 31.9 Å². The predicted octanol–water partition coefficient (Wildman–Crippen LogP) is 3.61. The second kappa shape index (κ2) is 8.19. The summed E-state index contributed by atoms with van der Waals surface area (Å²) in [7, 11) is 0. The van der Waals surface area contributed by atoms with E-state index in [0.29, 0.717) is 24.3 Å². The quantitative estimate of drug-likeness (QED) is 0.628. The first-order valence-electron chi connectivity index (χ1n) is 9.45. The highest BCUT2D eigenvalue weighted by Crippen LogP contribution is 2.29. The molecule has 0 aliphatic carbocycles. The highest BCUT2D eigenvalue weighted by molar-refractivity contribution is 7.09. The van der Waals surface area contributed by atoms with Crippen LogP contribution in [0.5, 0.6) is 0 Å². The van der Waals surface area contributed by atoms with Crippen molar-refractivity contribution in [1.82, 2.24) is 24.6 Å². The Morgan fingerprint density at radius 1 is 1.13 bits per heavy atom. The van der Waals surface area contributed by atoms with Gasteiger partial charge in [0.05, 0.1) is 23.0 Å². The second-order valence-electron chi connectivity index (χ2n) is 7.11. The third-order valence-corrected chi connectivity index (χ3v) is 6.01. The van der Waals surface area contributed by atoms with E-state index in [4.69, 9.17) is 0 Å². The lowest BCUT2D eigenvalue weighted by atomic mass is 10.2. The van der Waals surface area contributed by atoms with E-state index in [1.54, 1.807) is 23.2 Å². The Hall–Kier alpha value is -2.72. The van der Waals surface area contributed by atoms with Crippen LogP contribution in [-0.2, 0) is 12.7 Å². The van der Waals surface area contributed by atoms with Crippen LogP contribution >= 0.6 is 11.3 Å². The maximum absolute atomic E-state index is 13.0. The van der Waals surface area contributed by atoms with Gasteiger partial charge < -0.3 is 4.90 Å². The number of nitrogens with zero attached hydrogens (tertiary/aromatic N) is 5. The number of rotatable bonds is 4. The Labute approximate surface area is 175 Å². The van der Waals surface area contributed by atoms with Crippen molar-refractivity contribution in [3.63, 3.8) is 0 Å². The van der Waals surface area contributed by atoms with E-state index in [1.165, 1.54) is 21.8 Å². The summed E-state index contributed by atoms with van der Waals surface area (Å²) in [6.45, 7) is 5.41. The molecule has 30 heavy (non-hydrogen) atoms. The first-order valence-corrected chi connectivity index (χ1v) is 10.3. The molecular formula is C20H20F3N5OS. The SMILES string of the molecule is Cc1c(C(=O)N2CCN(Cc3cccs3)CC2)cnn1-c1ccc(C(F)(F)F)cn1. The van der Waals surface area contributed by atoms with Crippen molar-refractivity contribution in [3.8, 4) is 5.82 Å². The molecule has 158 valence electrons. The fourth-order valence-electron chi connectivity index (χ4n) is 3.43. The molecule has 1 amide bonds. The molecule has 3 aromatic heterocycles. The van der Waals surface area contributed by atoms with Gasteiger partial charge >= 0.3 is 6.18 Å². The molecule has 1 saturated heterocycles. The van der Waals surface area contributed by atoms with E-state index in [-0.39, 0.29) is 11.7 Å². The summed E-state index contributed by atoms with van der Waals surface area (Å²) in [6.07, 6.45) is -2.22. The summed E-state index contributed by atoms with van der Waals surface area (Å²) >= 11 is 1.72. The minimum atomic E-state index is -4.45. The first-order chi connectivity index (χ1) is 14.3. The van der Waals surface area contributed by atoms with Gasteiger partial charge in [-0.1, -0.05) is 6.07 Å². The molecular weight excluding hydrogens is 415 g/mol. The lowest BCUT2D eigenvalue weighted by Crippen LogP contribution is -2.48. The van der Waals surface area contributed by atoms with Crippen molar-refractivity contribution in [2.24, 2.45) is 0 Å². The standard InChI is InChI=1S/C20H20F3N5OS/c1-14-17(12-25-28(14)18-5-4-15(11-24-18)20(21,22)23)19(29)27-8-6-26(7-9-27)13-16-3-2-10-30-16/h2-5,10-12H,6-9,13H2,1H3. The number of amides is 1. The zero-order chi connectivity index (χ0) is 21.3. The van der Waals surface area contributed by atoms with Crippen molar-refractivity contribution < 1.29 is 18.0 Å². The van der Waals surface area contributed by atoms with Crippen LogP contribution in [0.15, 0.2) is 42.0 Å². The van der Waals surface area contributed by atoms with E-state index >= 15 is 0 Å². The van der Waals surface area contributed by atoms with Crippen LogP contribution in [-0.4, -0.2) is 56.7 Å². The van der Waals surface area contributed by atoms with Crippen molar-refractivity contribution in [2.45, 2.75) is 19.6 Å². The largest absolute Gasteiger partial charge is 0.417 e. The fraction of sp³-hybridized carbons (Fsp3) is 0.350. The molecule has 3 aromatic rings. The molecule has 1 aliphatic heterocycles. The maximum Gasteiger partial charge on any atom is 0.417 e. The Kier molecular flexibility index (Phi) is 5.61. The number of thiophene rings is 1. The molecule has 0 aromatic carbocycles. The lowest BCUT2D eigenvalue weighted by molar-refractivity contribution is -0.137. The summed E-state index contributed by atoms with van der Waals surface area (Å²) in [6, 6.07) is 6.35. The molecule has 1 aliphatic rings. The van der Waals surface area contributed by atoms with Crippen LogP contribution in [0.25, 0.3) is 5.82 Å². The van der Waals surface area contributed by atoms with Crippen LogP contribution in [0, 0.1) is 6.92 Å². The second-order valence-corrected chi connectivity index (χ2v) is 8.14. The average molecular weight is 435 g/mol. The Morgan fingerprint density at radius 2 is 1.90 bits per heavy atom. The third kappa shape index (κ3) is 4.24. The van der Waals surface area contributed by atoms with Crippen LogP contribution in [0.1, 0.15) is 26.5 Å². The zero-order valence-corrected chi connectivity index (χ0v) is 17.1. The Morgan fingerprint density at radius 3 is 2.50 bits per heavy atom. The number of piperazine rings is 1. The van der Waals surface area contributed by atoms with Crippen molar-refractivity contribution in [1.29, 1.82) is 0 Å².